The molecular formula is C18H24F2N2O5. The Morgan fingerprint density at radius 2 is 2.04 bits per heavy atom. The summed E-state index contributed by atoms with van der Waals surface area (Å²) in [5.41, 5.74) is -0.345. The Kier molecular flexibility index (Phi) is 5.91. The maximum atomic E-state index is 13.7. The molecule has 2 N–H and O–H groups in total. The van der Waals surface area contributed by atoms with Gasteiger partial charge in [-0.2, -0.15) is 0 Å². The lowest BCUT2D eigenvalue weighted by molar-refractivity contribution is -0.143. The summed E-state index contributed by atoms with van der Waals surface area (Å²) >= 11 is 0. The normalized spacial score (nSPS) is 16.8. The molecule has 150 valence electrons. The zero-order valence-corrected chi connectivity index (χ0v) is 15.8. The predicted octanol–water partition coefficient (Wildman–Crippen LogP) is 2.11. The smallest absolute Gasteiger partial charge is 0.408 e. The maximum Gasteiger partial charge on any atom is 0.408 e. The zero-order chi connectivity index (χ0) is 20.4. The second-order valence-corrected chi connectivity index (χ2v) is 7.59. The fourth-order valence-electron chi connectivity index (χ4n) is 2.87. The van der Waals surface area contributed by atoms with Crippen molar-refractivity contribution in [3.8, 4) is 0 Å². The number of rotatable bonds is 4. The molecule has 2 rings (SSSR count). The van der Waals surface area contributed by atoms with Gasteiger partial charge in [0.1, 0.15) is 11.6 Å². The first kappa shape index (κ1) is 20.9. The van der Waals surface area contributed by atoms with E-state index in [9.17, 15) is 23.2 Å². The van der Waals surface area contributed by atoms with E-state index in [0.29, 0.717) is 11.3 Å². The van der Waals surface area contributed by atoms with Crippen molar-refractivity contribution in [2.75, 3.05) is 7.11 Å². The number of methoxy groups -OCH3 is 1. The van der Waals surface area contributed by atoms with Gasteiger partial charge in [-0.25, -0.2) is 18.4 Å². The van der Waals surface area contributed by atoms with Crippen molar-refractivity contribution < 1.29 is 27.8 Å². The molecule has 9 heteroatoms. The minimum absolute atomic E-state index is 0.0778. The number of carbonyl (C=O) groups is 2. The number of esters is 1. The largest absolute Gasteiger partial charge is 0.467 e. The van der Waals surface area contributed by atoms with Gasteiger partial charge in [0.05, 0.1) is 7.11 Å². The highest BCUT2D eigenvalue weighted by atomic mass is 19.3. The van der Waals surface area contributed by atoms with Crippen LogP contribution >= 0.6 is 0 Å². The molecule has 0 saturated carbocycles. The van der Waals surface area contributed by atoms with Gasteiger partial charge in [-0.3, -0.25) is 4.79 Å². The first-order valence-electron chi connectivity index (χ1n) is 8.59. The van der Waals surface area contributed by atoms with E-state index >= 15 is 0 Å². The number of halogens is 2. The number of hydrogen-bond acceptors (Lipinski definition) is 5. The molecular weight excluding hydrogens is 362 g/mol. The number of nitrogens with one attached hydrogen (secondary N) is 2. The van der Waals surface area contributed by atoms with Gasteiger partial charge in [-0.05, 0) is 38.8 Å². The molecule has 1 unspecified atom stereocenters. The molecule has 27 heavy (non-hydrogen) atoms. The number of carbonyl (C=O) groups excluding carboxylic acids is 2. The van der Waals surface area contributed by atoms with E-state index in [1.54, 1.807) is 20.8 Å². The lowest BCUT2D eigenvalue weighted by Gasteiger charge is -2.25. The summed E-state index contributed by atoms with van der Waals surface area (Å²) in [4.78, 5) is 38.8. The Hall–Kier alpha value is -2.45. The average molecular weight is 386 g/mol. The van der Waals surface area contributed by atoms with Crippen molar-refractivity contribution in [2.45, 2.75) is 64.0 Å². The number of ether oxygens (including phenoxy) is 2. The highest BCUT2D eigenvalue weighted by molar-refractivity contribution is 5.81. The number of aromatic nitrogens is 1. The summed E-state index contributed by atoms with van der Waals surface area (Å²) in [5.74, 6) is -3.61. The highest BCUT2D eigenvalue weighted by Gasteiger charge is 2.35. The highest BCUT2D eigenvalue weighted by Crippen LogP contribution is 2.31. The molecule has 1 atom stereocenters. The molecule has 1 aliphatic carbocycles. The van der Waals surface area contributed by atoms with Crippen molar-refractivity contribution in [3.05, 3.63) is 33.2 Å². The van der Waals surface area contributed by atoms with Crippen LogP contribution in [-0.2, 0) is 33.5 Å². The molecule has 0 saturated heterocycles. The number of fused-ring (bicyclic) bond motifs is 1. The first-order valence-corrected chi connectivity index (χ1v) is 8.59. The summed E-state index contributed by atoms with van der Waals surface area (Å²) in [6.07, 6.45) is -1.78. The summed E-state index contributed by atoms with van der Waals surface area (Å²) < 4.78 is 37.1. The number of alkyl halides is 2. The maximum absolute atomic E-state index is 13.7. The molecule has 0 aromatic carbocycles. The summed E-state index contributed by atoms with van der Waals surface area (Å²) in [7, 11) is 1.14. The van der Waals surface area contributed by atoms with Gasteiger partial charge in [0, 0.05) is 30.5 Å². The molecule has 0 spiro atoms. The lowest BCUT2D eigenvalue weighted by Crippen LogP contribution is -2.46. The summed E-state index contributed by atoms with van der Waals surface area (Å²) in [5, 5.41) is 2.36. The van der Waals surface area contributed by atoms with Gasteiger partial charge in [0.25, 0.3) is 11.5 Å². The molecule has 1 amide bonds. The molecule has 0 fully saturated rings. The van der Waals surface area contributed by atoms with Gasteiger partial charge < -0.3 is 19.8 Å². The number of aryl methyl sites for hydroxylation is 1. The Bertz CT molecular complexity index is 783. The molecule has 1 aromatic heterocycles. The van der Waals surface area contributed by atoms with E-state index < -0.39 is 41.6 Å². The molecule has 1 aliphatic rings. The Labute approximate surface area is 155 Å². The van der Waals surface area contributed by atoms with Crippen LogP contribution in [0.1, 0.15) is 44.0 Å². The second kappa shape index (κ2) is 7.66. The number of alkyl carbamates (subject to hydrolysis) is 1. The van der Waals surface area contributed by atoms with Crippen LogP contribution in [0.3, 0.4) is 0 Å². The van der Waals surface area contributed by atoms with Crippen LogP contribution in [0.4, 0.5) is 13.6 Å². The summed E-state index contributed by atoms with van der Waals surface area (Å²) in [6.45, 7) is 4.98. The topological polar surface area (TPSA) is 97.5 Å². The van der Waals surface area contributed by atoms with Crippen molar-refractivity contribution in [3.63, 3.8) is 0 Å². The van der Waals surface area contributed by atoms with Gasteiger partial charge >= 0.3 is 12.1 Å². The monoisotopic (exact) mass is 386 g/mol. The Morgan fingerprint density at radius 3 is 2.63 bits per heavy atom. The van der Waals surface area contributed by atoms with E-state index in [2.05, 4.69) is 15.0 Å². The summed E-state index contributed by atoms with van der Waals surface area (Å²) in [6, 6.07) is 0.182. The van der Waals surface area contributed by atoms with Crippen molar-refractivity contribution >= 4 is 12.1 Å². The predicted molar refractivity (Wildman–Crippen MR) is 92.9 cm³/mol. The molecule has 0 bridgehead atoms. The second-order valence-electron chi connectivity index (χ2n) is 7.59. The number of pyridine rings is 1. The molecule has 7 nitrogen and oxygen atoms in total. The Morgan fingerprint density at radius 1 is 1.37 bits per heavy atom. The minimum atomic E-state index is -2.83. The standard InChI is InChI=1S/C18H24F2N2O5/c1-17(2,3)27-16(25)22-13(15(24)26-4)8-10-7-11-9-18(19,20)6-5-12(11)21-14(10)23/h7,13H,5-6,8-9H2,1-4H3,(H,21,23)(H,22,25). The van der Waals surface area contributed by atoms with Gasteiger partial charge in [-0.15, -0.1) is 0 Å². The number of amides is 1. The van der Waals surface area contributed by atoms with Crippen molar-refractivity contribution in [1.82, 2.24) is 10.3 Å². The Balaban J connectivity index is 2.23. The third-order valence-electron chi connectivity index (χ3n) is 4.08. The van der Waals surface area contributed by atoms with Crippen LogP contribution in [0.15, 0.2) is 10.9 Å². The van der Waals surface area contributed by atoms with Gasteiger partial charge in [0.2, 0.25) is 0 Å². The van der Waals surface area contributed by atoms with E-state index in [1.807, 2.05) is 0 Å². The fourth-order valence-corrected chi connectivity index (χ4v) is 2.87. The fraction of sp³-hybridized carbons (Fsp3) is 0.611. The van der Waals surface area contributed by atoms with Crippen LogP contribution in [0.25, 0.3) is 0 Å². The van der Waals surface area contributed by atoms with E-state index in [0.717, 1.165) is 7.11 Å². The van der Waals surface area contributed by atoms with Crippen LogP contribution in [0.5, 0.6) is 0 Å². The molecule has 1 aromatic rings. The van der Waals surface area contributed by atoms with Gasteiger partial charge in [-0.1, -0.05) is 0 Å². The van der Waals surface area contributed by atoms with Crippen LogP contribution in [-0.4, -0.2) is 41.7 Å². The van der Waals surface area contributed by atoms with Crippen LogP contribution in [0.2, 0.25) is 0 Å². The quantitative estimate of drug-likeness (QED) is 0.773. The number of hydrogen-bond donors (Lipinski definition) is 2. The van der Waals surface area contributed by atoms with E-state index in [1.165, 1.54) is 6.07 Å². The first-order chi connectivity index (χ1) is 12.4. The minimum Gasteiger partial charge on any atom is -0.467 e. The average Bonchev–Trinajstić information content (AvgIpc) is 2.52. The number of H-pyrrole nitrogens is 1. The SMILES string of the molecule is COC(=O)C(Cc1cc2c([nH]c1=O)CCC(F)(F)C2)NC(=O)OC(C)(C)C. The van der Waals surface area contributed by atoms with Crippen LogP contribution in [0, 0.1) is 0 Å². The molecule has 1 heterocycles. The van der Waals surface area contributed by atoms with Crippen molar-refractivity contribution in [1.29, 1.82) is 0 Å². The third-order valence-corrected chi connectivity index (χ3v) is 4.08. The number of aromatic amines is 1. The van der Waals surface area contributed by atoms with Gasteiger partial charge in [0.15, 0.2) is 0 Å². The molecule has 0 radical (unpaired) electrons. The van der Waals surface area contributed by atoms with E-state index in [-0.39, 0.29) is 24.8 Å². The lowest BCUT2D eigenvalue weighted by atomic mass is 9.91. The zero-order valence-electron chi connectivity index (χ0n) is 15.8. The van der Waals surface area contributed by atoms with Crippen LogP contribution < -0.4 is 10.9 Å². The van der Waals surface area contributed by atoms with Crippen molar-refractivity contribution in [2.24, 2.45) is 0 Å². The third kappa shape index (κ3) is 5.77. The molecule has 0 aliphatic heterocycles. The van der Waals surface area contributed by atoms with E-state index in [4.69, 9.17) is 4.74 Å².